The Labute approximate surface area is 147 Å². The summed E-state index contributed by atoms with van der Waals surface area (Å²) >= 11 is 5.87. The minimum Gasteiger partial charge on any atom is -0.497 e. The van der Waals surface area contributed by atoms with Crippen molar-refractivity contribution in [1.82, 2.24) is 5.32 Å². The van der Waals surface area contributed by atoms with E-state index in [1.165, 1.54) is 0 Å². The summed E-state index contributed by atoms with van der Waals surface area (Å²) < 4.78 is 5.22. The molecule has 0 bridgehead atoms. The molecule has 0 aliphatic rings. The maximum atomic E-state index is 12.3. The number of halogens is 1. The predicted octanol–water partition coefficient (Wildman–Crippen LogP) is 3.69. The highest BCUT2D eigenvalue weighted by Crippen LogP contribution is 2.24. The van der Waals surface area contributed by atoms with Crippen LogP contribution in [0, 0.1) is 0 Å². The summed E-state index contributed by atoms with van der Waals surface area (Å²) in [4.78, 5) is 12.3. The first-order valence-electron chi connectivity index (χ1n) is 7.83. The maximum absolute atomic E-state index is 12.3. The molecule has 128 valence electrons. The molecular formula is C19H22ClNO3. The van der Waals surface area contributed by atoms with Gasteiger partial charge in [-0.1, -0.05) is 42.8 Å². The summed E-state index contributed by atoms with van der Waals surface area (Å²) in [5.41, 5.74) is 1.86. The molecular weight excluding hydrogens is 326 g/mol. The Balaban J connectivity index is 1.99. The Morgan fingerprint density at radius 2 is 1.92 bits per heavy atom. The van der Waals surface area contributed by atoms with Crippen molar-refractivity contribution in [2.24, 2.45) is 0 Å². The quantitative estimate of drug-likeness (QED) is 0.803. The van der Waals surface area contributed by atoms with Crippen LogP contribution in [0.2, 0.25) is 5.02 Å². The van der Waals surface area contributed by atoms with Crippen LogP contribution in [0.1, 0.15) is 36.4 Å². The van der Waals surface area contributed by atoms with Gasteiger partial charge in [0.2, 0.25) is 5.91 Å². The molecule has 4 nitrogen and oxygen atoms in total. The van der Waals surface area contributed by atoms with E-state index in [1.54, 1.807) is 31.4 Å². The van der Waals surface area contributed by atoms with E-state index in [0.29, 0.717) is 11.4 Å². The fourth-order valence-corrected chi connectivity index (χ4v) is 2.65. The SMILES string of the molecule is COc1cccc(C(C)CC(=O)NC(CO)c2ccc(Cl)cc2)c1. The molecule has 5 heteroatoms. The molecule has 0 heterocycles. The lowest BCUT2D eigenvalue weighted by atomic mass is 9.97. The van der Waals surface area contributed by atoms with Gasteiger partial charge in [-0.25, -0.2) is 0 Å². The number of methoxy groups -OCH3 is 1. The first-order chi connectivity index (χ1) is 11.5. The van der Waals surface area contributed by atoms with Gasteiger partial charge in [-0.3, -0.25) is 4.79 Å². The molecule has 2 N–H and O–H groups in total. The highest BCUT2D eigenvalue weighted by atomic mass is 35.5. The number of aliphatic hydroxyl groups is 1. The van der Waals surface area contributed by atoms with Crippen LogP contribution in [0.4, 0.5) is 0 Å². The normalized spacial score (nSPS) is 13.2. The summed E-state index contributed by atoms with van der Waals surface area (Å²) in [5.74, 6) is 0.707. The van der Waals surface area contributed by atoms with Gasteiger partial charge in [0.25, 0.3) is 0 Å². The number of hydrogen-bond acceptors (Lipinski definition) is 3. The van der Waals surface area contributed by atoms with Gasteiger partial charge < -0.3 is 15.2 Å². The smallest absolute Gasteiger partial charge is 0.221 e. The number of hydrogen-bond donors (Lipinski definition) is 2. The van der Waals surface area contributed by atoms with Gasteiger partial charge in [-0.2, -0.15) is 0 Å². The lowest BCUT2D eigenvalue weighted by molar-refractivity contribution is -0.122. The van der Waals surface area contributed by atoms with E-state index in [4.69, 9.17) is 16.3 Å². The van der Waals surface area contributed by atoms with Crippen molar-refractivity contribution < 1.29 is 14.6 Å². The van der Waals surface area contributed by atoms with Crippen LogP contribution >= 0.6 is 11.6 Å². The van der Waals surface area contributed by atoms with Crippen molar-refractivity contribution in [2.75, 3.05) is 13.7 Å². The van der Waals surface area contributed by atoms with Crippen molar-refractivity contribution in [3.63, 3.8) is 0 Å². The van der Waals surface area contributed by atoms with Crippen LogP contribution in [-0.4, -0.2) is 24.7 Å². The number of ether oxygens (including phenoxy) is 1. The molecule has 2 atom stereocenters. The average molecular weight is 348 g/mol. The number of carbonyl (C=O) groups is 1. The zero-order chi connectivity index (χ0) is 17.5. The van der Waals surface area contributed by atoms with Crippen molar-refractivity contribution in [1.29, 1.82) is 0 Å². The Morgan fingerprint density at radius 3 is 2.54 bits per heavy atom. The minimum absolute atomic E-state index is 0.0460. The van der Waals surface area contributed by atoms with Crippen LogP contribution in [0.15, 0.2) is 48.5 Å². The lowest BCUT2D eigenvalue weighted by Crippen LogP contribution is -2.31. The van der Waals surface area contributed by atoms with E-state index in [9.17, 15) is 9.90 Å². The van der Waals surface area contributed by atoms with Crippen molar-refractivity contribution >= 4 is 17.5 Å². The summed E-state index contributed by atoms with van der Waals surface area (Å²) in [6, 6.07) is 14.3. The van der Waals surface area contributed by atoms with E-state index in [2.05, 4.69) is 5.32 Å². The standard InChI is InChI=1S/C19H22ClNO3/c1-13(15-4-3-5-17(11-15)24-2)10-19(23)21-18(12-22)14-6-8-16(20)9-7-14/h3-9,11,13,18,22H,10,12H2,1-2H3,(H,21,23). The number of rotatable bonds is 7. The Bertz CT molecular complexity index is 673. The first kappa shape index (κ1) is 18.3. The molecule has 0 spiro atoms. The van der Waals surface area contributed by atoms with Crippen molar-refractivity contribution in [3.8, 4) is 5.75 Å². The van der Waals surface area contributed by atoms with Crippen LogP contribution in [0.25, 0.3) is 0 Å². The number of aliphatic hydroxyl groups excluding tert-OH is 1. The number of nitrogens with one attached hydrogen (secondary N) is 1. The van der Waals surface area contributed by atoms with Gasteiger partial charge in [0.1, 0.15) is 5.75 Å². The van der Waals surface area contributed by atoms with Crippen LogP contribution in [0.5, 0.6) is 5.75 Å². The molecule has 0 saturated carbocycles. The molecule has 0 fully saturated rings. The molecule has 0 aliphatic heterocycles. The minimum atomic E-state index is -0.438. The third-order valence-corrected chi connectivity index (χ3v) is 4.20. The second kappa shape index (κ2) is 8.71. The Morgan fingerprint density at radius 1 is 1.21 bits per heavy atom. The van der Waals surface area contributed by atoms with Crippen molar-refractivity contribution in [2.45, 2.75) is 25.3 Å². The summed E-state index contributed by atoms with van der Waals surface area (Å²) in [6.07, 6.45) is 0.331. The van der Waals surface area contributed by atoms with E-state index in [1.807, 2.05) is 31.2 Å². The second-order valence-corrected chi connectivity index (χ2v) is 6.17. The fourth-order valence-electron chi connectivity index (χ4n) is 2.53. The van der Waals surface area contributed by atoms with E-state index in [-0.39, 0.29) is 18.4 Å². The second-order valence-electron chi connectivity index (χ2n) is 5.74. The number of amides is 1. The van der Waals surface area contributed by atoms with Gasteiger partial charge >= 0.3 is 0 Å². The summed E-state index contributed by atoms with van der Waals surface area (Å²) in [7, 11) is 1.62. The molecule has 0 aliphatic carbocycles. The maximum Gasteiger partial charge on any atom is 0.221 e. The monoisotopic (exact) mass is 347 g/mol. The predicted molar refractivity (Wildman–Crippen MR) is 95.4 cm³/mol. The third-order valence-electron chi connectivity index (χ3n) is 3.94. The van der Waals surface area contributed by atoms with Gasteiger partial charge in [-0.05, 0) is 41.3 Å². The Kier molecular flexibility index (Phi) is 6.64. The number of carbonyl (C=O) groups excluding carboxylic acids is 1. The van der Waals surface area contributed by atoms with Crippen molar-refractivity contribution in [3.05, 3.63) is 64.7 Å². The highest BCUT2D eigenvalue weighted by Gasteiger charge is 2.17. The molecule has 2 aromatic rings. The zero-order valence-electron chi connectivity index (χ0n) is 13.8. The highest BCUT2D eigenvalue weighted by molar-refractivity contribution is 6.30. The topological polar surface area (TPSA) is 58.6 Å². The van der Waals surface area contributed by atoms with Crippen LogP contribution < -0.4 is 10.1 Å². The third kappa shape index (κ3) is 4.98. The van der Waals surface area contributed by atoms with Gasteiger partial charge in [0.05, 0.1) is 19.8 Å². The molecule has 0 aromatic heterocycles. The van der Waals surface area contributed by atoms with E-state index >= 15 is 0 Å². The van der Waals surface area contributed by atoms with Gasteiger partial charge in [-0.15, -0.1) is 0 Å². The molecule has 2 rings (SSSR count). The zero-order valence-corrected chi connectivity index (χ0v) is 14.6. The first-order valence-corrected chi connectivity index (χ1v) is 8.21. The molecule has 1 amide bonds. The average Bonchev–Trinajstić information content (AvgIpc) is 2.60. The summed E-state index contributed by atoms with van der Waals surface area (Å²) in [6.45, 7) is 1.82. The number of benzene rings is 2. The largest absolute Gasteiger partial charge is 0.497 e. The summed E-state index contributed by atoms with van der Waals surface area (Å²) in [5, 5.41) is 13.0. The molecule has 0 radical (unpaired) electrons. The molecule has 2 aromatic carbocycles. The van der Waals surface area contributed by atoms with Gasteiger partial charge in [0.15, 0.2) is 0 Å². The molecule has 24 heavy (non-hydrogen) atoms. The molecule has 2 unspecified atom stereocenters. The van der Waals surface area contributed by atoms with E-state index in [0.717, 1.165) is 16.9 Å². The Hall–Kier alpha value is -2.04. The van der Waals surface area contributed by atoms with Crippen LogP contribution in [0.3, 0.4) is 0 Å². The fraction of sp³-hybridized carbons (Fsp3) is 0.316. The molecule has 0 saturated heterocycles. The van der Waals surface area contributed by atoms with Crippen LogP contribution in [-0.2, 0) is 4.79 Å². The lowest BCUT2D eigenvalue weighted by Gasteiger charge is -2.19. The van der Waals surface area contributed by atoms with E-state index < -0.39 is 6.04 Å². The van der Waals surface area contributed by atoms with Gasteiger partial charge in [0, 0.05) is 11.4 Å².